The van der Waals surface area contributed by atoms with Gasteiger partial charge in [-0.3, -0.25) is 4.79 Å². The topological polar surface area (TPSA) is 72.8 Å². The molecule has 0 aliphatic carbocycles. The number of carboxylic acids is 1. The smallest absolute Gasteiger partial charge is 0.341 e. The van der Waals surface area contributed by atoms with Gasteiger partial charge in [0.25, 0.3) is 0 Å². The highest BCUT2D eigenvalue weighted by Gasteiger charge is 2.19. The van der Waals surface area contributed by atoms with Crippen LogP contribution in [0.2, 0.25) is 0 Å². The van der Waals surface area contributed by atoms with E-state index in [-0.39, 0.29) is 5.78 Å². The Kier molecular flexibility index (Phi) is 7.95. The fourth-order valence-electron chi connectivity index (χ4n) is 2.04. The third-order valence-corrected chi connectivity index (χ3v) is 3.53. The number of benzene rings is 1. The van der Waals surface area contributed by atoms with E-state index in [2.05, 4.69) is 15.9 Å². The highest BCUT2D eigenvalue weighted by atomic mass is 79.9. The Bertz CT molecular complexity index is 528. The first-order valence-electron chi connectivity index (χ1n) is 7.21. The lowest BCUT2D eigenvalue weighted by molar-refractivity contribution is -0.139. The summed E-state index contributed by atoms with van der Waals surface area (Å²) >= 11 is 3.34. The van der Waals surface area contributed by atoms with Crippen LogP contribution in [0.4, 0.5) is 0 Å². The van der Waals surface area contributed by atoms with Crippen molar-refractivity contribution in [3.63, 3.8) is 0 Å². The number of ether oxygens (including phenoxy) is 2. The Morgan fingerprint density at radius 1 is 1.27 bits per heavy atom. The van der Waals surface area contributed by atoms with Crippen molar-refractivity contribution in [2.45, 2.75) is 33.1 Å². The molecule has 1 rings (SSSR count). The second-order valence-corrected chi connectivity index (χ2v) is 5.59. The van der Waals surface area contributed by atoms with E-state index < -0.39 is 12.6 Å². The van der Waals surface area contributed by atoms with Gasteiger partial charge < -0.3 is 14.6 Å². The molecule has 0 aromatic heterocycles. The molecule has 0 radical (unpaired) electrons. The van der Waals surface area contributed by atoms with Crippen molar-refractivity contribution >= 4 is 27.7 Å². The summed E-state index contributed by atoms with van der Waals surface area (Å²) in [6, 6.07) is 3.38. The summed E-state index contributed by atoms with van der Waals surface area (Å²) in [4.78, 5) is 22.5. The van der Waals surface area contributed by atoms with Crippen molar-refractivity contribution < 1.29 is 24.2 Å². The van der Waals surface area contributed by atoms with Gasteiger partial charge in [-0.15, -0.1) is 0 Å². The molecular weight excluding hydrogens is 352 g/mol. The molecule has 0 atom stereocenters. The zero-order chi connectivity index (χ0) is 16.5. The molecule has 0 saturated carbocycles. The monoisotopic (exact) mass is 372 g/mol. The molecule has 0 bridgehead atoms. The Balaban J connectivity index is 3.20. The maximum atomic E-state index is 11.8. The zero-order valence-corrected chi connectivity index (χ0v) is 14.4. The van der Waals surface area contributed by atoms with Gasteiger partial charge in [-0.2, -0.15) is 0 Å². The van der Waals surface area contributed by atoms with Gasteiger partial charge >= 0.3 is 5.97 Å². The number of rotatable bonds is 10. The molecule has 0 saturated heterocycles. The number of alkyl halides is 1. The molecule has 1 aromatic rings. The van der Waals surface area contributed by atoms with Gasteiger partial charge in [0.05, 0.1) is 12.2 Å². The number of carboxylic acid groups (broad SMARTS) is 1. The number of halogens is 1. The average Bonchev–Trinajstić information content (AvgIpc) is 2.46. The minimum absolute atomic E-state index is 0.162. The minimum Gasteiger partial charge on any atom is -0.493 e. The van der Waals surface area contributed by atoms with E-state index in [1.54, 1.807) is 12.1 Å². The van der Waals surface area contributed by atoms with Gasteiger partial charge in [0.1, 0.15) is 11.5 Å². The van der Waals surface area contributed by atoms with Gasteiger partial charge in [0.2, 0.25) is 0 Å². The van der Waals surface area contributed by atoms with E-state index >= 15 is 0 Å². The standard InChI is InChI=1S/C16H21BrO5/c1-3-5-13-14(21-9-4-8-17)7-6-12(11(2)18)16(13)22-10-15(19)20/h6-7H,3-5,8-10H2,1-2H3,(H,19,20). The van der Waals surface area contributed by atoms with Crippen LogP contribution in [0.3, 0.4) is 0 Å². The Morgan fingerprint density at radius 2 is 2.00 bits per heavy atom. The number of aliphatic carboxylic acids is 1. The average molecular weight is 373 g/mol. The van der Waals surface area contributed by atoms with Gasteiger partial charge in [0, 0.05) is 10.9 Å². The van der Waals surface area contributed by atoms with Crippen LogP contribution in [-0.2, 0) is 11.2 Å². The fraction of sp³-hybridized carbons (Fsp3) is 0.500. The normalized spacial score (nSPS) is 10.3. The molecule has 1 N–H and O–H groups in total. The predicted octanol–water partition coefficient (Wildman–Crippen LogP) is 3.47. The summed E-state index contributed by atoms with van der Waals surface area (Å²) < 4.78 is 11.1. The van der Waals surface area contributed by atoms with Crippen LogP contribution in [-0.4, -0.2) is 35.4 Å². The molecule has 0 aliphatic heterocycles. The second kappa shape index (κ2) is 9.46. The van der Waals surface area contributed by atoms with Crippen LogP contribution in [0.5, 0.6) is 11.5 Å². The molecule has 0 heterocycles. The SMILES string of the molecule is CCCc1c(OCCCBr)ccc(C(C)=O)c1OCC(=O)O. The van der Waals surface area contributed by atoms with Crippen molar-refractivity contribution in [1.82, 2.24) is 0 Å². The van der Waals surface area contributed by atoms with Gasteiger partial charge in [-0.1, -0.05) is 29.3 Å². The molecule has 1 aromatic carbocycles. The van der Waals surface area contributed by atoms with Crippen LogP contribution in [0.1, 0.15) is 42.6 Å². The van der Waals surface area contributed by atoms with Crippen LogP contribution < -0.4 is 9.47 Å². The number of ketones is 1. The summed E-state index contributed by atoms with van der Waals surface area (Å²) in [7, 11) is 0. The van der Waals surface area contributed by atoms with E-state index in [9.17, 15) is 9.59 Å². The maximum Gasteiger partial charge on any atom is 0.341 e. The van der Waals surface area contributed by atoms with Crippen molar-refractivity contribution in [1.29, 1.82) is 0 Å². The van der Waals surface area contributed by atoms with Crippen molar-refractivity contribution in [3.8, 4) is 11.5 Å². The summed E-state index contributed by atoms with van der Waals surface area (Å²) in [6.45, 7) is 3.50. The lowest BCUT2D eigenvalue weighted by Crippen LogP contribution is -2.14. The lowest BCUT2D eigenvalue weighted by Gasteiger charge is -2.17. The molecule has 6 heteroatoms. The van der Waals surface area contributed by atoms with Crippen LogP contribution in [0.25, 0.3) is 0 Å². The number of Topliss-reactive ketones (excluding diaryl/α,β-unsaturated/α-hetero) is 1. The number of hydrogen-bond donors (Lipinski definition) is 1. The quantitative estimate of drug-likeness (QED) is 0.386. The molecular formula is C16H21BrO5. The third kappa shape index (κ3) is 5.33. The fourth-order valence-corrected chi connectivity index (χ4v) is 2.27. The molecule has 5 nitrogen and oxygen atoms in total. The van der Waals surface area contributed by atoms with E-state index in [0.29, 0.717) is 30.1 Å². The highest BCUT2D eigenvalue weighted by Crippen LogP contribution is 2.34. The van der Waals surface area contributed by atoms with Gasteiger partial charge in [0.15, 0.2) is 12.4 Å². The first-order valence-corrected chi connectivity index (χ1v) is 8.33. The molecule has 0 amide bonds. The molecule has 0 fully saturated rings. The summed E-state index contributed by atoms with van der Waals surface area (Å²) in [6.07, 6.45) is 2.34. The molecule has 122 valence electrons. The molecule has 0 aliphatic rings. The Morgan fingerprint density at radius 3 is 2.55 bits per heavy atom. The largest absolute Gasteiger partial charge is 0.493 e. The number of carbonyl (C=O) groups is 2. The van der Waals surface area contributed by atoms with Crippen LogP contribution in [0.15, 0.2) is 12.1 Å². The maximum absolute atomic E-state index is 11.8. The summed E-state index contributed by atoms with van der Waals surface area (Å²) in [5.74, 6) is -0.270. The Hall–Kier alpha value is -1.56. The third-order valence-electron chi connectivity index (χ3n) is 2.97. The second-order valence-electron chi connectivity index (χ2n) is 4.80. The van der Waals surface area contributed by atoms with Crippen molar-refractivity contribution in [2.75, 3.05) is 18.5 Å². The first kappa shape index (κ1) is 18.5. The van der Waals surface area contributed by atoms with Crippen LogP contribution >= 0.6 is 15.9 Å². The van der Waals surface area contributed by atoms with E-state index in [4.69, 9.17) is 14.6 Å². The number of carbonyl (C=O) groups excluding carboxylic acids is 1. The highest BCUT2D eigenvalue weighted by molar-refractivity contribution is 9.09. The minimum atomic E-state index is -1.08. The van der Waals surface area contributed by atoms with Crippen molar-refractivity contribution in [2.24, 2.45) is 0 Å². The van der Waals surface area contributed by atoms with Crippen molar-refractivity contribution in [3.05, 3.63) is 23.3 Å². The molecule has 22 heavy (non-hydrogen) atoms. The van der Waals surface area contributed by atoms with Gasteiger partial charge in [-0.25, -0.2) is 4.79 Å². The zero-order valence-electron chi connectivity index (χ0n) is 12.9. The summed E-state index contributed by atoms with van der Waals surface area (Å²) in [5.41, 5.74) is 1.14. The van der Waals surface area contributed by atoms with Gasteiger partial charge in [-0.05, 0) is 31.9 Å². The van der Waals surface area contributed by atoms with Crippen LogP contribution in [0, 0.1) is 0 Å². The molecule has 0 unspecified atom stereocenters. The van der Waals surface area contributed by atoms with E-state index in [0.717, 1.165) is 23.7 Å². The summed E-state index contributed by atoms with van der Waals surface area (Å²) in [5, 5.41) is 9.66. The van der Waals surface area contributed by atoms with E-state index in [1.807, 2.05) is 6.92 Å². The number of hydrogen-bond acceptors (Lipinski definition) is 4. The first-order chi connectivity index (χ1) is 10.5. The van der Waals surface area contributed by atoms with E-state index in [1.165, 1.54) is 6.92 Å². The predicted molar refractivity (Wildman–Crippen MR) is 87.5 cm³/mol. The Labute approximate surface area is 138 Å². The lowest BCUT2D eigenvalue weighted by atomic mass is 10.0. The molecule has 0 spiro atoms.